The first-order valence-electron chi connectivity index (χ1n) is 6.23. The van der Waals surface area contributed by atoms with Crippen molar-refractivity contribution in [2.45, 2.75) is 26.6 Å². The molecular formula is C14H15Cl2NO2S. The first-order chi connectivity index (χ1) is 9.58. The van der Waals surface area contributed by atoms with Crippen LogP contribution in [0.5, 0.6) is 5.75 Å². The van der Waals surface area contributed by atoms with E-state index in [0.29, 0.717) is 29.0 Å². The number of halogens is 2. The summed E-state index contributed by atoms with van der Waals surface area (Å²) in [5.74, 6) is 0.634. The van der Waals surface area contributed by atoms with Crippen LogP contribution < -0.4 is 4.74 Å². The first kappa shape index (κ1) is 15.6. The summed E-state index contributed by atoms with van der Waals surface area (Å²) in [6.45, 7) is 5.01. The Bertz CT molecular complexity index is 554. The smallest absolute Gasteiger partial charge is 0.131 e. The highest BCUT2D eigenvalue weighted by Crippen LogP contribution is 2.26. The van der Waals surface area contributed by atoms with Crippen molar-refractivity contribution >= 4 is 34.5 Å². The molecule has 0 aliphatic rings. The van der Waals surface area contributed by atoms with Crippen LogP contribution in [0.3, 0.4) is 0 Å². The zero-order valence-corrected chi connectivity index (χ0v) is 13.6. The van der Waals surface area contributed by atoms with Crippen molar-refractivity contribution in [2.75, 3.05) is 6.61 Å². The van der Waals surface area contributed by atoms with Crippen LogP contribution in [-0.4, -0.2) is 11.6 Å². The fourth-order valence-electron chi connectivity index (χ4n) is 1.67. The molecule has 3 nitrogen and oxygen atoms in total. The third kappa shape index (κ3) is 4.35. The van der Waals surface area contributed by atoms with Crippen molar-refractivity contribution in [3.8, 4) is 5.75 Å². The zero-order chi connectivity index (χ0) is 14.5. The molecule has 1 aromatic heterocycles. The average molecular weight is 332 g/mol. The van der Waals surface area contributed by atoms with Gasteiger partial charge in [-0.15, -0.1) is 11.3 Å². The third-order valence-corrected chi connectivity index (χ3v) is 4.05. The summed E-state index contributed by atoms with van der Waals surface area (Å²) in [7, 11) is 0. The molecule has 1 aromatic carbocycles. The molecule has 0 bridgehead atoms. The monoisotopic (exact) mass is 331 g/mol. The van der Waals surface area contributed by atoms with Crippen LogP contribution in [0.4, 0.5) is 0 Å². The van der Waals surface area contributed by atoms with Gasteiger partial charge in [-0.2, -0.15) is 0 Å². The molecule has 2 rings (SSSR count). The van der Waals surface area contributed by atoms with Gasteiger partial charge in [-0.3, -0.25) is 0 Å². The Morgan fingerprint density at radius 2 is 1.95 bits per heavy atom. The van der Waals surface area contributed by atoms with Crippen LogP contribution in [-0.2, 0) is 11.3 Å². The Morgan fingerprint density at radius 1 is 1.25 bits per heavy atom. The van der Waals surface area contributed by atoms with Crippen molar-refractivity contribution < 1.29 is 9.47 Å². The summed E-state index contributed by atoms with van der Waals surface area (Å²) in [6, 6.07) is 5.12. The summed E-state index contributed by atoms with van der Waals surface area (Å²) in [4.78, 5) is 4.49. The molecule has 0 N–H and O–H groups in total. The highest BCUT2D eigenvalue weighted by molar-refractivity contribution is 7.09. The Balaban J connectivity index is 1.97. The fraction of sp³-hybridized carbons (Fsp3) is 0.357. The van der Waals surface area contributed by atoms with Gasteiger partial charge in [0, 0.05) is 22.0 Å². The summed E-state index contributed by atoms with van der Waals surface area (Å²) >= 11 is 13.4. The van der Waals surface area contributed by atoms with E-state index in [0.717, 1.165) is 10.7 Å². The summed E-state index contributed by atoms with van der Waals surface area (Å²) in [5, 5.41) is 4.03. The highest BCUT2D eigenvalue weighted by atomic mass is 35.5. The Morgan fingerprint density at radius 3 is 2.60 bits per heavy atom. The van der Waals surface area contributed by atoms with Gasteiger partial charge in [0.05, 0.1) is 5.69 Å². The Hall–Kier alpha value is -0.810. The van der Waals surface area contributed by atoms with Crippen LogP contribution in [0.25, 0.3) is 0 Å². The summed E-state index contributed by atoms with van der Waals surface area (Å²) < 4.78 is 11.1. The predicted octanol–water partition coefficient (Wildman–Crippen LogP) is 5.13. The van der Waals surface area contributed by atoms with E-state index in [9.17, 15) is 0 Å². The molecular weight excluding hydrogens is 317 g/mol. The standard InChI is InChI=1S/C14H15Cl2NO2S/c1-3-18-9(2)14-17-12(8-20-14)7-19-13-5-10(15)4-11(16)6-13/h4-6,8-9H,3,7H2,1-2H3. The molecule has 0 saturated heterocycles. The molecule has 0 fully saturated rings. The highest BCUT2D eigenvalue weighted by Gasteiger charge is 2.10. The van der Waals surface area contributed by atoms with E-state index in [1.807, 2.05) is 19.2 Å². The zero-order valence-electron chi connectivity index (χ0n) is 11.2. The SMILES string of the molecule is CCOC(C)c1nc(COc2cc(Cl)cc(Cl)c2)cs1. The van der Waals surface area contributed by atoms with Crippen molar-refractivity contribution in [3.63, 3.8) is 0 Å². The Kier molecular flexibility index (Phi) is 5.66. The van der Waals surface area contributed by atoms with E-state index in [4.69, 9.17) is 32.7 Å². The molecule has 6 heteroatoms. The second-order valence-electron chi connectivity index (χ2n) is 4.17. The van der Waals surface area contributed by atoms with Gasteiger partial charge in [0.15, 0.2) is 0 Å². The van der Waals surface area contributed by atoms with Gasteiger partial charge in [-0.05, 0) is 32.0 Å². The summed E-state index contributed by atoms with van der Waals surface area (Å²) in [6.07, 6.45) is 0.0133. The number of ether oxygens (including phenoxy) is 2. The molecule has 0 spiro atoms. The minimum atomic E-state index is 0.0133. The minimum absolute atomic E-state index is 0.0133. The lowest BCUT2D eigenvalue weighted by Gasteiger charge is -2.07. The Labute approximate surface area is 132 Å². The number of benzene rings is 1. The lowest BCUT2D eigenvalue weighted by Crippen LogP contribution is -2.00. The van der Waals surface area contributed by atoms with E-state index < -0.39 is 0 Å². The molecule has 1 heterocycles. The van der Waals surface area contributed by atoms with Gasteiger partial charge in [-0.1, -0.05) is 23.2 Å². The number of nitrogens with zero attached hydrogens (tertiary/aromatic N) is 1. The van der Waals surface area contributed by atoms with Crippen LogP contribution >= 0.6 is 34.5 Å². The van der Waals surface area contributed by atoms with Crippen LogP contribution in [0.15, 0.2) is 23.6 Å². The van der Waals surface area contributed by atoms with Gasteiger partial charge in [-0.25, -0.2) is 4.98 Å². The van der Waals surface area contributed by atoms with E-state index in [1.54, 1.807) is 29.5 Å². The van der Waals surface area contributed by atoms with E-state index in [-0.39, 0.29) is 6.10 Å². The number of hydrogen-bond acceptors (Lipinski definition) is 4. The van der Waals surface area contributed by atoms with E-state index >= 15 is 0 Å². The van der Waals surface area contributed by atoms with Gasteiger partial charge in [0.25, 0.3) is 0 Å². The average Bonchev–Trinajstić information content (AvgIpc) is 2.84. The molecule has 108 valence electrons. The van der Waals surface area contributed by atoms with Crippen molar-refractivity contribution in [1.29, 1.82) is 0 Å². The van der Waals surface area contributed by atoms with Crippen LogP contribution in [0.2, 0.25) is 10.0 Å². The van der Waals surface area contributed by atoms with Gasteiger partial charge in [0.2, 0.25) is 0 Å². The van der Waals surface area contributed by atoms with E-state index in [2.05, 4.69) is 4.98 Å². The molecule has 1 unspecified atom stereocenters. The molecule has 20 heavy (non-hydrogen) atoms. The van der Waals surface area contributed by atoms with Crippen molar-refractivity contribution in [2.24, 2.45) is 0 Å². The van der Waals surface area contributed by atoms with Crippen molar-refractivity contribution in [1.82, 2.24) is 4.98 Å². The second-order valence-corrected chi connectivity index (χ2v) is 5.93. The number of rotatable bonds is 6. The molecule has 2 aromatic rings. The number of thiazole rings is 1. The second kappa shape index (κ2) is 7.27. The first-order valence-corrected chi connectivity index (χ1v) is 7.87. The molecule has 0 aliphatic carbocycles. The lowest BCUT2D eigenvalue weighted by molar-refractivity contribution is 0.0760. The predicted molar refractivity (Wildman–Crippen MR) is 82.9 cm³/mol. The summed E-state index contributed by atoms with van der Waals surface area (Å²) in [5.41, 5.74) is 0.868. The van der Waals surface area contributed by atoms with Crippen LogP contribution in [0, 0.1) is 0 Å². The lowest BCUT2D eigenvalue weighted by atomic mass is 10.3. The molecule has 1 atom stereocenters. The molecule has 0 saturated carbocycles. The van der Waals surface area contributed by atoms with Gasteiger partial charge in [0.1, 0.15) is 23.5 Å². The van der Waals surface area contributed by atoms with Crippen LogP contribution in [0.1, 0.15) is 30.7 Å². The molecule has 0 amide bonds. The molecule has 0 radical (unpaired) electrons. The van der Waals surface area contributed by atoms with E-state index in [1.165, 1.54) is 0 Å². The topological polar surface area (TPSA) is 31.4 Å². The van der Waals surface area contributed by atoms with Gasteiger partial charge >= 0.3 is 0 Å². The minimum Gasteiger partial charge on any atom is -0.487 e. The maximum atomic E-state index is 5.92. The van der Waals surface area contributed by atoms with Crippen molar-refractivity contribution in [3.05, 3.63) is 44.3 Å². The number of hydrogen-bond donors (Lipinski definition) is 0. The maximum absolute atomic E-state index is 5.92. The normalized spacial score (nSPS) is 12.4. The largest absolute Gasteiger partial charge is 0.487 e. The third-order valence-electron chi connectivity index (χ3n) is 2.56. The molecule has 0 aliphatic heterocycles. The number of aromatic nitrogens is 1. The van der Waals surface area contributed by atoms with Gasteiger partial charge < -0.3 is 9.47 Å². The quantitative estimate of drug-likeness (QED) is 0.735. The fourth-order valence-corrected chi connectivity index (χ4v) is 2.98. The maximum Gasteiger partial charge on any atom is 0.131 e.